The van der Waals surface area contributed by atoms with Crippen molar-refractivity contribution < 1.29 is 0 Å². The van der Waals surface area contributed by atoms with Gasteiger partial charge in [0.25, 0.3) is 0 Å². The Morgan fingerprint density at radius 1 is 0.405 bits per heavy atom. The summed E-state index contributed by atoms with van der Waals surface area (Å²) in [5.74, 6) is 0. The summed E-state index contributed by atoms with van der Waals surface area (Å²) in [4.78, 5) is 0. The van der Waals surface area contributed by atoms with Crippen molar-refractivity contribution in [1.29, 1.82) is 0 Å². The molecule has 5 aromatic carbocycles. The van der Waals surface area contributed by atoms with Crippen LogP contribution in [0.5, 0.6) is 0 Å². The maximum absolute atomic E-state index is 2.34. The van der Waals surface area contributed by atoms with Crippen LogP contribution in [0, 0.1) is 6.92 Å². The monoisotopic (exact) mass is 482 g/mol. The Bertz CT molecular complexity index is 1700. The van der Waals surface area contributed by atoms with Gasteiger partial charge in [-0.2, -0.15) is 0 Å². The van der Waals surface area contributed by atoms with Crippen molar-refractivity contribution >= 4 is 43.6 Å². The summed E-state index contributed by atoms with van der Waals surface area (Å²) in [6, 6.07) is 41.2. The van der Waals surface area contributed by atoms with Gasteiger partial charge in [-0.1, -0.05) is 98.3 Å². The van der Waals surface area contributed by atoms with Gasteiger partial charge in [-0.3, -0.25) is 0 Å². The number of hydrogen-bond donors (Lipinski definition) is 0. The zero-order valence-corrected chi connectivity index (χ0v) is 22.4. The molecule has 0 amide bonds. The predicted octanol–water partition coefficient (Wildman–Crippen LogP) is 9.66. The lowest BCUT2D eigenvalue weighted by molar-refractivity contribution is 1.01. The first-order valence-corrected chi connectivity index (χ1v) is 13.1. The third-order valence-electron chi connectivity index (χ3n) is 7.10. The topological polar surface area (TPSA) is 9.86 Å². The largest absolute Gasteiger partial charge is 0.344 e. The number of para-hydroxylation sites is 2. The molecule has 37 heavy (non-hydrogen) atoms. The minimum absolute atomic E-state index is 1.26. The smallest absolute Gasteiger partial charge is 0.0489 e. The minimum Gasteiger partial charge on any atom is -0.344 e. The summed E-state index contributed by atoms with van der Waals surface area (Å²) < 4.78 is 4.56. The maximum Gasteiger partial charge on any atom is 0.0489 e. The number of nitrogens with zero attached hydrogens (tertiary/aromatic N) is 2. The molecule has 2 heteroatoms. The lowest BCUT2D eigenvalue weighted by atomic mass is 10.0. The van der Waals surface area contributed by atoms with Crippen molar-refractivity contribution in [3.8, 4) is 11.1 Å². The number of aryl methyl sites for hydroxylation is 3. The Morgan fingerprint density at radius 3 is 1.19 bits per heavy atom. The Kier molecular flexibility index (Phi) is 6.83. The highest BCUT2D eigenvalue weighted by Crippen LogP contribution is 2.35. The molecule has 0 unspecified atom stereocenters. The quantitative estimate of drug-likeness (QED) is 0.220. The highest BCUT2D eigenvalue weighted by atomic mass is 14.9. The summed E-state index contributed by atoms with van der Waals surface area (Å²) >= 11 is 0. The second-order valence-electron chi connectivity index (χ2n) is 9.27. The second kappa shape index (κ2) is 10.4. The Labute approximate surface area is 219 Å². The van der Waals surface area contributed by atoms with Crippen molar-refractivity contribution in [3.63, 3.8) is 0 Å². The molecule has 7 aromatic rings. The van der Waals surface area contributed by atoms with E-state index < -0.39 is 0 Å². The molecule has 0 radical (unpaired) electrons. The van der Waals surface area contributed by atoms with Crippen LogP contribution < -0.4 is 0 Å². The fraction of sp³-hybridized carbons (Fsp3) is 0.143. The van der Waals surface area contributed by atoms with E-state index in [9.17, 15) is 0 Å². The van der Waals surface area contributed by atoms with Crippen molar-refractivity contribution in [1.82, 2.24) is 9.13 Å². The van der Waals surface area contributed by atoms with Crippen LogP contribution in [0.15, 0.2) is 115 Å². The fourth-order valence-electron chi connectivity index (χ4n) is 5.23. The number of hydrogen-bond acceptors (Lipinski definition) is 0. The van der Waals surface area contributed by atoms with E-state index in [2.05, 4.69) is 127 Å². The molecule has 184 valence electrons. The summed E-state index contributed by atoms with van der Waals surface area (Å²) in [6.45, 7) is 6.08. The summed E-state index contributed by atoms with van der Waals surface area (Å²) in [5, 5.41) is 5.25. The first-order chi connectivity index (χ1) is 18.1. The predicted molar refractivity (Wildman–Crippen MR) is 162 cm³/mol. The van der Waals surface area contributed by atoms with E-state index in [4.69, 9.17) is 0 Å². The lowest BCUT2D eigenvalue weighted by Gasteiger charge is -2.05. The van der Waals surface area contributed by atoms with E-state index in [0.29, 0.717) is 0 Å². The average molecular weight is 483 g/mol. The van der Waals surface area contributed by atoms with Gasteiger partial charge in [0.2, 0.25) is 0 Å². The summed E-state index contributed by atoms with van der Waals surface area (Å²) in [6.07, 6.45) is 0. The van der Waals surface area contributed by atoms with Crippen LogP contribution in [0.2, 0.25) is 0 Å². The van der Waals surface area contributed by atoms with Gasteiger partial charge >= 0.3 is 0 Å². The van der Waals surface area contributed by atoms with Crippen LogP contribution in [0.1, 0.15) is 19.4 Å². The van der Waals surface area contributed by atoms with Gasteiger partial charge in [-0.25, -0.2) is 0 Å². The normalized spacial score (nSPS) is 10.8. The van der Waals surface area contributed by atoms with Gasteiger partial charge in [-0.05, 0) is 54.4 Å². The van der Waals surface area contributed by atoms with Crippen LogP contribution in [-0.4, -0.2) is 9.13 Å². The number of aromatic nitrogens is 2. The molecule has 0 atom stereocenters. The number of fused-ring (bicyclic) bond motifs is 6. The molecule has 0 N–H and O–H groups in total. The van der Waals surface area contributed by atoms with Crippen LogP contribution in [0.3, 0.4) is 0 Å². The van der Waals surface area contributed by atoms with E-state index in [1.807, 2.05) is 32.0 Å². The van der Waals surface area contributed by atoms with Crippen molar-refractivity contribution in [2.24, 2.45) is 14.1 Å². The van der Waals surface area contributed by atoms with Crippen LogP contribution in [-0.2, 0) is 14.1 Å². The highest BCUT2D eigenvalue weighted by Gasteiger charge is 2.11. The Morgan fingerprint density at radius 2 is 0.784 bits per heavy atom. The average Bonchev–Trinajstić information content (AvgIpc) is 3.41. The molecule has 0 saturated carbocycles. The van der Waals surface area contributed by atoms with E-state index in [0.717, 1.165) is 0 Å². The Hall–Kier alpha value is -4.30. The van der Waals surface area contributed by atoms with Crippen LogP contribution >= 0.6 is 0 Å². The minimum atomic E-state index is 1.26. The van der Waals surface area contributed by atoms with Gasteiger partial charge in [-0.15, -0.1) is 0 Å². The van der Waals surface area contributed by atoms with E-state index in [1.165, 1.54) is 60.3 Å². The van der Waals surface area contributed by atoms with Gasteiger partial charge in [0.15, 0.2) is 0 Å². The molecule has 0 aliphatic carbocycles. The zero-order valence-electron chi connectivity index (χ0n) is 22.4. The molecule has 0 fully saturated rings. The van der Waals surface area contributed by atoms with Gasteiger partial charge in [0.1, 0.15) is 0 Å². The maximum atomic E-state index is 2.34. The molecule has 2 aromatic heterocycles. The van der Waals surface area contributed by atoms with Crippen molar-refractivity contribution in [2.45, 2.75) is 20.8 Å². The molecular formula is C35H34N2. The fourth-order valence-corrected chi connectivity index (χ4v) is 5.23. The molecule has 0 aliphatic heterocycles. The molecule has 0 saturated heterocycles. The van der Waals surface area contributed by atoms with E-state index in [-0.39, 0.29) is 0 Å². The Balaban J connectivity index is 0.000000268. The molecule has 2 heterocycles. The van der Waals surface area contributed by atoms with Crippen molar-refractivity contribution in [2.75, 3.05) is 0 Å². The van der Waals surface area contributed by atoms with Gasteiger partial charge < -0.3 is 9.13 Å². The summed E-state index contributed by atoms with van der Waals surface area (Å²) in [5.41, 5.74) is 8.95. The highest BCUT2D eigenvalue weighted by molar-refractivity contribution is 6.11. The standard InChI is InChI=1S/C26H20N2.C7H8.C2H6/c1-27-23-9-5-3-7-19(23)21-15-17(11-13-25(21)27)18-12-14-26-22(16-18)20-8-4-6-10-24(20)28(26)2;1-7-5-3-2-4-6-7;1-2/h3-16H,1-2H3;2-6H,1H3;1-2H3. The third-order valence-corrected chi connectivity index (χ3v) is 7.10. The lowest BCUT2D eigenvalue weighted by Crippen LogP contribution is -1.87. The molecule has 2 nitrogen and oxygen atoms in total. The zero-order chi connectivity index (χ0) is 25.9. The van der Waals surface area contributed by atoms with Gasteiger partial charge in [0, 0.05) is 57.7 Å². The third kappa shape index (κ3) is 4.40. The molecule has 0 aliphatic rings. The van der Waals surface area contributed by atoms with E-state index >= 15 is 0 Å². The molecular weight excluding hydrogens is 448 g/mol. The first-order valence-electron chi connectivity index (χ1n) is 13.1. The number of benzene rings is 5. The molecule has 0 spiro atoms. The van der Waals surface area contributed by atoms with Gasteiger partial charge in [0.05, 0.1) is 0 Å². The van der Waals surface area contributed by atoms with Crippen LogP contribution in [0.4, 0.5) is 0 Å². The second-order valence-corrected chi connectivity index (χ2v) is 9.27. The molecule has 0 bridgehead atoms. The van der Waals surface area contributed by atoms with Crippen LogP contribution in [0.25, 0.3) is 54.7 Å². The first kappa shape index (κ1) is 24.4. The van der Waals surface area contributed by atoms with Crippen molar-refractivity contribution in [3.05, 3.63) is 121 Å². The van der Waals surface area contributed by atoms with E-state index in [1.54, 1.807) is 0 Å². The molecule has 7 rings (SSSR count). The summed E-state index contributed by atoms with van der Waals surface area (Å²) in [7, 11) is 4.29. The number of rotatable bonds is 1. The SMILES string of the molecule is CC.Cc1ccccc1.Cn1c2ccccc2c2cc(-c3ccc4c(c3)c3ccccc3n4C)ccc21.